The van der Waals surface area contributed by atoms with Crippen LogP contribution in [0.15, 0.2) is 60.9 Å². The van der Waals surface area contributed by atoms with Gasteiger partial charge in [-0.15, -0.1) is 0 Å². The average Bonchev–Trinajstić information content (AvgIpc) is 2.92. The molecule has 23 heavy (non-hydrogen) atoms. The van der Waals surface area contributed by atoms with Crippen LogP contribution < -0.4 is 4.57 Å². The maximum Gasteiger partial charge on any atom is 0.245 e. The standard InChI is InChI=1S/C20H25N2O/c1-16(2)12-18(14-23)22-15-21(13-17-8-4-3-5-9-17)19-10-6-7-11-20(19)22/h3-11,15-16,18,23H,12-14H2,1-2H3/q+1/t18-/m0/s1. The van der Waals surface area contributed by atoms with E-state index < -0.39 is 0 Å². The van der Waals surface area contributed by atoms with Crippen LogP contribution in [0.1, 0.15) is 31.9 Å². The van der Waals surface area contributed by atoms with Crippen molar-refractivity contribution < 1.29 is 9.67 Å². The number of aromatic nitrogens is 2. The van der Waals surface area contributed by atoms with Crippen molar-refractivity contribution in [2.24, 2.45) is 5.92 Å². The molecule has 0 radical (unpaired) electrons. The number of rotatable bonds is 6. The van der Waals surface area contributed by atoms with Gasteiger partial charge in [-0.1, -0.05) is 56.3 Å². The fourth-order valence-corrected chi connectivity index (χ4v) is 3.22. The molecule has 0 saturated carbocycles. The predicted octanol–water partition coefficient (Wildman–Crippen LogP) is 3.56. The van der Waals surface area contributed by atoms with Gasteiger partial charge >= 0.3 is 0 Å². The van der Waals surface area contributed by atoms with Crippen LogP contribution in [-0.4, -0.2) is 16.3 Å². The molecule has 1 aromatic heterocycles. The molecule has 0 aliphatic rings. The fraction of sp³-hybridized carbons (Fsp3) is 0.350. The monoisotopic (exact) mass is 309 g/mol. The van der Waals surface area contributed by atoms with Gasteiger partial charge in [-0.25, -0.2) is 9.13 Å². The number of aliphatic hydroxyl groups is 1. The Balaban J connectivity index is 2.02. The van der Waals surface area contributed by atoms with E-state index in [-0.39, 0.29) is 12.6 Å². The topological polar surface area (TPSA) is 29.0 Å². The van der Waals surface area contributed by atoms with E-state index in [0.29, 0.717) is 5.92 Å². The van der Waals surface area contributed by atoms with Crippen molar-refractivity contribution in [3.05, 3.63) is 66.5 Å². The van der Waals surface area contributed by atoms with Crippen molar-refractivity contribution in [3.63, 3.8) is 0 Å². The van der Waals surface area contributed by atoms with Gasteiger partial charge in [0.1, 0.15) is 12.6 Å². The Morgan fingerprint density at radius 3 is 2.39 bits per heavy atom. The molecule has 0 amide bonds. The van der Waals surface area contributed by atoms with Crippen molar-refractivity contribution in [1.29, 1.82) is 0 Å². The minimum absolute atomic E-state index is 0.122. The van der Waals surface area contributed by atoms with Crippen molar-refractivity contribution in [3.8, 4) is 0 Å². The highest BCUT2D eigenvalue weighted by Crippen LogP contribution is 2.22. The normalized spacial score (nSPS) is 12.9. The Labute approximate surface area is 137 Å². The van der Waals surface area contributed by atoms with Crippen molar-refractivity contribution in [1.82, 2.24) is 4.57 Å². The molecule has 0 aliphatic carbocycles. The quantitative estimate of drug-likeness (QED) is 0.693. The Morgan fingerprint density at radius 2 is 1.70 bits per heavy atom. The van der Waals surface area contributed by atoms with E-state index in [2.05, 4.69) is 77.8 Å². The number of imidazole rings is 1. The minimum atomic E-state index is 0.122. The Kier molecular flexibility index (Phi) is 4.77. The second kappa shape index (κ2) is 6.97. The molecule has 3 rings (SSSR count). The van der Waals surface area contributed by atoms with Gasteiger partial charge in [0.05, 0.1) is 6.61 Å². The number of fused-ring (bicyclic) bond motifs is 1. The van der Waals surface area contributed by atoms with Crippen molar-refractivity contribution >= 4 is 11.0 Å². The highest BCUT2D eigenvalue weighted by Gasteiger charge is 2.23. The first-order valence-electron chi connectivity index (χ1n) is 8.33. The maximum absolute atomic E-state index is 9.86. The number of para-hydroxylation sites is 2. The molecule has 1 atom stereocenters. The molecule has 0 spiro atoms. The van der Waals surface area contributed by atoms with Crippen molar-refractivity contribution in [2.45, 2.75) is 32.9 Å². The summed E-state index contributed by atoms with van der Waals surface area (Å²) in [6, 6.07) is 19.0. The summed E-state index contributed by atoms with van der Waals surface area (Å²) in [6.45, 7) is 5.41. The maximum atomic E-state index is 9.86. The first-order chi connectivity index (χ1) is 11.2. The van der Waals surface area contributed by atoms with E-state index in [0.717, 1.165) is 13.0 Å². The van der Waals surface area contributed by atoms with E-state index in [1.54, 1.807) is 0 Å². The van der Waals surface area contributed by atoms with Gasteiger partial charge in [0.2, 0.25) is 6.33 Å². The molecule has 0 bridgehead atoms. The average molecular weight is 309 g/mol. The van der Waals surface area contributed by atoms with Crippen LogP contribution in [0.25, 0.3) is 11.0 Å². The first kappa shape index (κ1) is 15.8. The van der Waals surface area contributed by atoms with Crippen LogP contribution in [-0.2, 0) is 6.54 Å². The van der Waals surface area contributed by atoms with E-state index in [4.69, 9.17) is 0 Å². The second-order valence-electron chi connectivity index (χ2n) is 6.59. The van der Waals surface area contributed by atoms with Crippen LogP contribution in [0.4, 0.5) is 0 Å². The summed E-state index contributed by atoms with van der Waals surface area (Å²) >= 11 is 0. The third kappa shape index (κ3) is 3.45. The van der Waals surface area contributed by atoms with Gasteiger partial charge in [-0.3, -0.25) is 0 Å². The summed E-state index contributed by atoms with van der Waals surface area (Å²) in [7, 11) is 0. The summed E-state index contributed by atoms with van der Waals surface area (Å²) in [5, 5.41) is 9.86. The van der Waals surface area contributed by atoms with Crippen LogP contribution in [0.5, 0.6) is 0 Å². The van der Waals surface area contributed by atoms with E-state index in [1.165, 1.54) is 16.6 Å². The Bertz CT molecular complexity index is 762. The molecular formula is C20H25N2O+. The number of nitrogens with zero attached hydrogens (tertiary/aromatic N) is 2. The number of aliphatic hydroxyl groups excluding tert-OH is 1. The summed E-state index contributed by atoms with van der Waals surface area (Å²) < 4.78 is 4.51. The zero-order valence-corrected chi connectivity index (χ0v) is 13.9. The third-order valence-electron chi connectivity index (χ3n) is 4.28. The van der Waals surface area contributed by atoms with Gasteiger partial charge in [-0.05, 0) is 30.0 Å². The second-order valence-corrected chi connectivity index (χ2v) is 6.59. The van der Waals surface area contributed by atoms with Gasteiger partial charge in [0, 0.05) is 0 Å². The molecule has 1 N–H and O–H groups in total. The fourth-order valence-electron chi connectivity index (χ4n) is 3.22. The zero-order chi connectivity index (χ0) is 16.2. The lowest BCUT2D eigenvalue weighted by molar-refractivity contribution is -0.663. The van der Waals surface area contributed by atoms with Gasteiger partial charge in [0.15, 0.2) is 11.0 Å². The van der Waals surface area contributed by atoms with E-state index in [9.17, 15) is 5.11 Å². The van der Waals surface area contributed by atoms with Crippen LogP contribution in [0.2, 0.25) is 0 Å². The molecule has 0 saturated heterocycles. The molecule has 0 fully saturated rings. The summed E-state index contributed by atoms with van der Waals surface area (Å²) in [5.41, 5.74) is 3.67. The molecule has 0 unspecified atom stereocenters. The minimum Gasteiger partial charge on any atom is -0.392 e. The number of hydrogen-bond acceptors (Lipinski definition) is 1. The van der Waals surface area contributed by atoms with E-state index in [1.807, 2.05) is 6.07 Å². The Hall–Kier alpha value is -2.13. The van der Waals surface area contributed by atoms with Crippen LogP contribution in [0, 0.1) is 5.92 Å². The lowest BCUT2D eigenvalue weighted by atomic mass is 10.0. The summed E-state index contributed by atoms with van der Waals surface area (Å²) in [4.78, 5) is 0. The molecule has 3 aromatic rings. The van der Waals surface area contributed by atoms with Gasteiger partial charge in [0.25, 0.3) is 0 Å². The molecular weight excluding hydrogens is 284 g/mol. The largest absolute Gasteiger partial charge is 0.392 e. The smallest absolute Gasteiger partial charge is 0.245 e. The van der Waals surface area contributed by atoms with Gasteiger partial charge in [-0.2, -0.15) is 0 Å². The molecule has 2 aromatic carbocycles. The highest BCUT2D eigenvalue weighted by molar-refractivity contribution is 5.71. The van der Waals surface area contributed by atoms with Crippen molar-refractivity contribution in [2.75, 3.05) is 6.61 Å². The molecule has 3 heteroatoms. The molecule has 3 nitrogen and oxygen atoms in total. The first-order valence-corrected chi connectivity index (χ1v) is 8.33. The predicted molar refractivity (Wildman–Crippen MR) is 93.3 cm³/mol. The summed E-state index contributed by atoms with van der Waals surface area (Å²) in [6.07, 6.45) is 3.13. The highest BCUT2D eigenvalue weighted by atomic mass is 16.3. The number of hydrogen-bond donors (Lipinski definition) is 1. The lowest BCUT2D eigenvalue weighted by Gasteiger charge is -2.13. The number of benzene rings is 2. The van der Waals surface area contributed by atoms with E-state index >= 15 is 0 Å². The third-order valence-corrected chi connectivity index (χ3v) is 4.28. The molecule has 120 valence electrons. The summed E-state index contributed by atoms with van der Waals surface area (Å²) in [5.74, 6) is 0.552. The SMILES string of the molecule is CC(C)C[C@@H](CO)n1c[n+](Cc2ccccc2)c2ccccc21. The lowest BCUT2D eigenvalue weighted by Crippen LogP contribution is -2.33. The van der Waals surface area contributed by atoms with Crippen LogP contribution >= 0.6 is 0 Å². The van der Waals surface area contributed by atoms with Crippen LogP contribution in [0.3, 0.4) is 0 Å². The van der Waals surface area contributed by atoms with Gasteiger partial charge < -0.3 is 5.11 Å². The Morgan fingerprint density at radius 1 is 1.00 bits per heavy atom. The molecule has 0 aliphatic heterocycles. The zero-order valence-electron chi connectivity index (χ0n) is 13.9. The molecule has 1 heterocycles.